The maximum absolute atomic E-state index is 13.3. The minimum Gasteiger partial charge on any atom is -0.334 e. The summed E-state index contributed by atoms with van der Waals surface area (Å²) in [7, 11) is 0. The summed E-state index contributed by atoms with van der Waals surface area (Å²) in [6.07, 6.45) is 4.51. The summed E-state index contributed by atoms with van der Waals surface area (Å²) < 4.78 is 14.8. The van der Waals surface area contributed by atoms with Gasteiger partial charge in [0.05, 0.1) is 22.9 Å². The number of hydrogen-bond donors (Lipinski definition) is 1. The number of halogens is 2. The highest BCUT2D eigenvalue weighted by atomic mass is 35.5. The van der Waals surface area contributed by atoms with Crippen molar-refractivity contribution in [2.75, 3.05) is 6.54 Å². The molecule has 2 aromatic rings. The minimum atomic E-state index is -0.477. The Kier molecular flexibility index (Phi) is 3.54. The van der Waals surface area contributed by atoms with Crippen LogP contribution in [0.2, 0.25) is 5.02 Å². The Morgan fingerprint density at radius 2 is 2.22 bits per heavy atom. The van der Waals surface area contributed by atoms with Crippen molar-refractivity contribution >= 4 is 17.5 Å². The first-order valence-corrected chi connectivity index (χ1v) is 7.95. The van der Waals surface area contributed by atoms with E-state index in [0.717, 1.165) is 25.8 Å². The molecule has 1 N–H and O–H groups in total. The molecular weight excluding hydrogens is 321 g/mol. The highest BCUT2D eigenvalue weighted by Gasteiger charge is 2.42. The number of carbonyl (C=O) groups is 1. The average Bonchev–Trinajstić information content (AvgIpc) is 3.16. The lowest BCUT2D eigenvalue weighted by Gasteiger charge is -2.30. The van der Waals surface area contributed by atoms with Crippen LogP contribution in [-0.4, -0.2) is 38.4 Å². The molecule has 0 saturated carbocycles. The molecule has 8 heteroatoms. The average molecular weight is 336 g/mol. The molecule has 23 heavy (non-hydrogen) atoms. The number of benzene rings is 1. The molecule has 2 fully saturated rings. The van der Waals surface area contributed by atoms with Crippen LogP contribution in [0.1, 0.15) is 31.1 Å². The van der Waals surface area contributed by atoms with Gasteiger partial charge in [-0.25, -0.2) is 9.07 Å². The SMILES string of the molecule is O=C1NC(c2cn(-c3ccc(F)c(Cl)c3)nn2)N2CCCCC12. The second-order valence-electron chi connectivity index (χ2n) is 5.85. The predicted molar refractivity (Wildman–Crippen MR) is 81.6 cm³/mol. The van der Waals surface area contributed by atoms with Crippen molar-refractivity contribution in [1.29, 1.82) is 0 Å². The zero-order valence-electron chi connectivity index (χ0n) is 12.2. The van der Waals surface area contributed by atoms with Crippen LogP contribution in [-0.2, 0) is 4.79 Å². The number of aromatic nitrogens is 3. The van der Waals surface area contributed by atoms with E-state index in [1.165, 1.54) is 16.8 Å². The van der Waals surface area contributed by atoms with Crippen molar-refractivity contribution in [2.24, 2.45) is 0 Å². The number of fused-ring (bicyclic) bond motifs is 1. The molecule has 2 saturated heterocycles. The van der Waals surface area contributed by atoms with Crippen LogP contribution in [0.5, 0.6) is 0 Å². The van der Waals surface area contributed by atoms with Gasteiger partial charge < -0.3 is 5.32 Å². The van der Waals surface area contributed by atoms with E-state index in [9.17, 15) is 9.18 Å². The molecule has 0 bridgehead atoms. The Labute approximate surface area is 137 Å². The lowest BCUT2D eigenvalue weighted by Crippen LogP contribution is -2.38. The van der Waals surface area contributed by atoms with E-state index < -0.39 is 5.82 Å². The van der Waals surface area contributed by atoms with Crippen LogP contribution < -0.4 is 5.32 Å². The van der Waals surface area contributed by atoms with E-state index in [2.05, 4.69) is 20.5 Å². The van der Waals surface area contributed by atoms with Gasteiger partial charge in [0.2, 0.25) is 5.91 Å². The van der Waals surface area contributed by atoms with E-state index in [1.54, 1.807) is 12.3 Å². The van der Waals surface area contributed by atoms with E-state index in [0.29, 0.717) is 11.4 Å². The summed E-state index contributed by atoms with van der Waals surface area (Å²) in [5, 5.41) is 11.3. The summed E-state index contributed by atoms with van der Waals surface area (Å²) in [6.45, 7) is 0.864. The third-order valence-corrected chi connectivity index (χ3v) is 4.71. The molecule has 6 nitrogen and oxygen atoms in total. The third kappa shape index (κ3) is 2.49. The quantitative estimate of drug-likeness (QED) is 0.912. The van der Waals surface area contributed by atoms with E-state index in [-0.39, 0.29) is 23.1 Å². The molecule has 1 amide bonds. The van der Waals surface area contributed by atoms with E-state index in [1.807, 2.05) is 0 Å². The number of amides is 1. The van der Waals surface area contributed by atoms with Crippen molar-refractivity contribution in [2.45, 2.75) is 31.5 Å². The monoisotopic (exact) mass is 335 g/mol. The van der Waals surface area contributed by atoms with Crippen molar-refractivity contribution in [3.8, 4) is 5.69 Å². The first-order valence-electron chi connectivity index (χ1n) is 7.57. The number of nitrogens with zero attached hydrogens (tertiary/aromatic N) is 4. The van der Waals surface area contributed by atoms with Gasteiger partial charge in [-0.2, -0.15) is 0 Å². The topological polar surface area (TPSA) is 63.1 Å². The first kappa shape index (κ1) is 14.6. The lowest BCUT2D eigenvalue weighted by molar-refractivity contribution is -0.122. The molecule has 2 atom stereocenters. The van der Waals surface area contributed by atoms with Crippen LogP contribution in [0.25, 0.3) is 5.69 Å². The van der Waals surface area contributed by atoms with Crippen molar-refractivity contribution in [3.05, 3.63) is 40.9 Å². The Morgan fingerprint density at radius 1 is 1.35 bits per heavy atom. The van der Waals surface area contributed by atoms with Gasteiger partial charge in [0, 0.05) is 6.54 Å². The summed E-state index contributed by atoms with van der Waals surface area (Å²) in [5.41, 5.74) is 1.29. The Bertz CT molecular complexity index is 764. The maximum Gasteiger partial charge on any atom is 0.238 e. The fourth-order valence-corrected chi connectivity index (χ4v) is 3.43. The summed E-state index contributed by atoms with van der Waals surface area (Å²) in [6, 6.07) is 4.29. The molecule has 1 aromatic carbocycles. The van der Waals surface area contributed by atoms with Crippen molar-refractivity contribution in [3.63, 3.8) is 0 Å². The molecule has 0 spiro atoms. The van der Waals surface area contributed by atoms with Crippen molar-refractivity contribution < 1.29 is 9.18 Å². The molecular formula is C15H15ClFN5O. The molecule has 0 radical (unpaired) electrons. The zero-order valence-corrected chi connectivity index (χ0v) is 13.0. The Hall–Kier alpha value is -1.99. The van der Waals surface area contributed by atoms with Crippen LogP contribution in [0, 0.1) is 5.82 Å². The normalized spacial score (nSPS) is 24.5. The smallest absolute Gasteiger partial charge is 0.238 e. The van der Waals surface area contributed by atoms with Gasteiger partial charge in [-0.3, -0.25) is 9.69 Å². The highest BCUT2D eigenvalue weighted by molar-refractivity contribution is 6.30. The van der Waals surface area contributed by atoms with Gasteiger partial charge in [0.25, 0.3) is 0 Å². The maximum atomic E-state index is 13.3. The summed E-state index contributed by atoms with van der Waals surface area (Å²) in [4.78, 5) is 14.2. The third-order valence-electron chi connectivity index (χ3n) is 4.42. The molecule has 2 aliphatic heterocycles. The number of carbonyl (C=O) groups excluding carboxylic acids is 1. The van der Waals surface area contributed by atoms with Crippen LogP contribution in [0.15, 0.2) is 24.4 Å². The number of hydrogen-bond acceptors (Lipinski definition) is 4. The molecule has 3 heterocycles. The fourth-order valence-electron chi connectivity index (χ4n) is 3.26. The largest absolute Gasteiger partial charge is 0.334 e. The van der Waals surface area contributed by atoms with Crippen LogP contribution >= 0.6 is 11.6 Å². The molecule has 4 rings (SSSR count). The van der Waals surface area contributed by atoms with Crippen molar-refractivity contribution in [1.82, 2.24) is 25.2 Å². The lowest BCUT2D eigenvalue weighted by atomic mass is 10.0. The second-order valence-corrected chi connectivity index (χ2v) is 6.25. The van der Waals surface area contributed by atoms with Gasteiger partial charge in [-0.05, 0) is 31.0 Å². The minimum absolute atomic E-state index is 0.0322. The highest BCUT2D eigenvalue weighted by Crippen LogP contribution is 2.31. The first-order chi connectivity index (χ1) is 11.1. The second kappa shape index (κ2) is 5.58. The molecule has 2 aliphatic rings. The predicted octanol–water partition coefficient (Wildman–Crippen LogP) is 2.04. The van der Waals surface area contributed by atoms with Crippen LogP contribution in [0.3, 0.4) is 0 Å². The van der Waals surface area contributed by atoms with E-state index in [4.69, 9.17) is 11.6 Å². The number of piperidine rings is 1. The van der Waals surface area contributed by atoms with Crippen LogP contribution in [0.4, 0.5) is 4.39 Å². The van der Waals surface area contributed by atoms with Gasteiger partial charge in [-0.1, -0.05) is 23.2 Å². The van der Waals surface area contributed by atoms with Gasteiger partial charge >= 0.3 is 0 Å². The zero-order chi connectivity index (χ0) is 16.0. The Balaban J connectivity index is 1.62. The van der Waals surface area contributed by atoms with Gasteiger partial charge in [0.1, 0.15) is 17.7 Å². The molecule has 2 unspecified atom stereocenters. The Morgan fingerprint density at radius 3 is 3.04 bits per heavy atom. The van der Waals surface area contributed by atoms with Gasteiger partial charge in [-0.15, -0.1) is 5.10 Å². The summed E-state index contributed by atoms with van der Waals surface area (Å²) >= 11 is 5.81. The molecule has 1 aromatic heterocycles. The summed E-state index contributed by atoms with van der Waals surface area (Å²) in [5.74, 6) is -0.427. The number of nitrogens with one attached hydrogen (secondary N) is 1. The van der Waals surface area contributed by atoms with E-state index >= 15 is 0 Å². The fraction of sp³-hybridized carbons (Fsp3) is 0.400. The van der Waals surface area contributed by atoms with Gasteiger partial charge in [0.15, 0.2) is 0 Å². The molecule has 120 valence electrons. The standard InChI is InChI=1S/C15H15ClFN5O/c16-10-7-9(4-5-11(10)17)22-8-12(19-20-22)14-18-15(23)13-3-1-2-6-21(13)14/h4-5,7-8,13-14H,1-3,6H2,(H,18,23). The number of rotatable bonds is 2. The molecule has 0 aliphatic carbocycles.